The first-order valence-electron chi connectivity index (χ1n) is 7.41. The van der Waals surface area contributed by atoms with Gasteiger partial charge in [-0.3, -0.25) is 14.9 Å². The van der Waals surface area contributed by atoms with E-state index < -0.39 is 22.3 Å². The summed E-state index contributed by atoms with van der Waals surface area (Å²) in [6, 6.07) is 11.2. The number of benzene rings is 2. The Labute approximate surface area is 149 Å². The molecule has 0 bridgehead atoms. The number of hydrogen-bond donors (Lipinski definition) is 2. The van der Waals surface area contributed by atoms with E-state index in [2.05, 4.69) is 5.32 Å². The highest BCUT2D eigenvalue weighted by Gasteiger charge is 2.20. The number of amides is 1. The van der Waals surface area contributed by atoms with Crippen LogP contribution in [0.2, 0.25) is 0 Å². The summed E-state index contributed by atoms with van der Waals surface area (Å²) in [5.41, 5.74) is 0.693. The second-order valence-electron chi connectivity index (χ2n) is 5.29. The van der Waals surface area contributed by atoms with E-state index in [0.29, 0.717) is 5.69 Å². The van der Waals surface area contributed by atoms with Crippen LogP contribution >= 0.6 is 0 Å². The summed E-state index contributed by atoms with van der Waals surface area (Å²) >= 11 is 0. The van der Waals surface area contributed by atoms with Crippen LogP contribution in [0, 0.1) is 28.4 Å². The van der Waals surface area contributed by atoms with Gasteiger partial charge in [0.05, 0.1) is 12.0 Å². The molecule has 2 N–H and O–H groups in total. The summed E-state index contributed by atoms with van der Waals surface area (Å²) in [5, 5.41) is 32.7. The molecule has 2 aromatic carbocycles. The van der Waals surface area contributed by atoms with Gasteiger partial charge in [0, 0.05) is 11.8 Å². The smallest absolute Gasteiger partial charge is 0.315 e. The van der Waals surface area contributed by atoms with E-state index in [0.717, 1.165) is 11.6 Å². The molecule has 0 aromatic heterocycles. The third kappa shape index (κ3) is 3.96. The number of aromatic hydroxyl groups is 1. The lowest BCUT2D eigenvalue weighted by Gasteiger charge is -2.08. The number of nitrogens with zero attached hydrogens (tertiary/aromatic N) is 2. The minimum Gasteiger partial charge on any atom is -0.500 e. The van der Waals surface area contributed by atoms with Gasteiger partial charge in [0.15, 0.2) is 5.75 Å². The molecule has 0 saturated heterocycles. The van der Waals surface area contributed by atoms with Gasteiger partial charge >= 0.3 is 5.69 Å². The molecule has 0 heterocycles. The number of hydrogen-bond acceptors (Lipinski definition) is 6. The Balaban J connectivity index is 2.41. The lowest BCUT2D eigenvalue weighted by atomic mass is 10.1. The Hall–Kier alpha value is -3.86. The van der Waals surface area contributed by atoms with Crippen LogP contribution in [0.3, 0.4) is 0 Å². The summed E-state index contributed by atoms with van der Waals surface area (Å²) in [4.78, 5) is 22.6. The Morgan fingerprint density at radius 2 is 2.08 bits per heavy atom. The number of nitriles is 1. The van der Waals surface area contributed by atoms with E-state index in [1.54, 1.807) is 31.2 Å². The number of anilines is 1. The normalized spacial score (nSPS) is 10.7. The Kier molecular flexibility index (Phi) is 5.55. The predicted octanol–water partition coefficient (Wildman–Crippen LogP) is 3.16. The van der Waals surface area contributed by atoms with E-state index in [-0.39, 0.29) is 16.9 Å². The molecule has 0 radical (unpaired) electrons. The third-order valence-electron chi connectivity index (χ3n) is 3.56. The number of methoxy groups -OCH3 is 1. The van der Waals surface area contributed by atoms with Crippen molar-refractivity contribution in [1.29, 1.82) is 5.26 Å². The minimum absolute atomic E-state index is 0.137. The highest BCUT2D eigenvalue weighted by Crippen LogP contribution is 2.37. The molecular formula is C18H15N3O5. The number of phenolic OH excluding ortho intramolecular Hbond substituents is 1. The number of phenols is 1. The van der Waals surface area contributed by atoms with Gasteiger partial charge in [-0.05, 0) is 36.3 Å². The SMILES string of the molecule is COc1cc(/C=C(\C#N)C(=O)Nc2ccccc2C)cc([N+](=O)[O-])c1O. The summed E-state index contributed by atoms with van der Waals surface area (Å²) in [5.74, 6) is -1.42. The third-order valence-corrected chi connectivity index (χ3v) is 3.56. The molecular weight excluding hydrogens is 338 g/mol. The predicted molar refractivity (Wildman–Crippen MR) is 94.7 cm³/mol. The molecule has 0 aliphatic rings. The van der Waals surface area contributed by atoms with Crippen LogP contribution in [-0.4, -0.2) is 23.0 Å². The van der Waals surface area contributed by atoms with Crippen LogP contribution in [0.1, 0.15) is 11.1 Å². The van der Waals surface area contributed by atoms with Gasteiger partial charge in [0.25, 0.3) is 5.91 Å². The zero-order chi connectivity index (χ0) is 19.3. The Bertz CT molecular complexity index is 944. The van der Waals surface area contributed by atoms with E-state index in [4.69, 9.17) is 4.74 Å². The van der Waals surface area contributed by atoms with Gasteiger partial charge in [-0.25, -0.2) is 0 Å². The molecule has 2 aromatic rings. The first kappa shape index (κ1) is 18.5. The van der Waals surface area contributed by atoms with Gasteiger partial charge in [-0.1, -0.05) is 18.2 Å². The fraction of sp³-hybridized carbons (Fsp3) is 0.111. The van der Waals surface area contributed by atoms with Crippen molar-refractivity contribution < 1.29 is 19.6 Å². The second kappa shape index (κ2) is 7.81. The number of aryl methyl sites for hydroxylation is 1. The van der Waals surface area contributed by atoms with E-state index >= 15 is 0 Å². The average molecular weight is 353 g/mol. The molecule has 8 nitrogen and oxygen atoms in total. The van der Waals surface area contributed by atoms with Gasteiger partial charge in [0.1, 0.15) is 11.6 Å². The van der Waals surface area contributed by atoms with Crippen LogP contribution in [0.4, 0.5) is 11.4 Å². The first-order chi connectivity index (χ1) is 12.4. The van der Waals surface area contributed by atoms with Crippen molar-refractivity contribution in [3.63, 3.8) is 0 Å². The Morgan fingerprint density at radius 1 is 1.38 bits per heavy atom. The van der Waals surface area contributed by atoms with Crippen molar-refractivity contribution >= 4 is 23.4 Å². The van der Waals surface area contributed by atoms with Gasteiger partial charge in [0.2, 0.25) is 5.75 Å². The maximum absolute atomic E-state index is 12.3. The summed E-state index contributed by atoms with van der Waals surface area (Å²) in [6.45, 7) is 1.81. The van der Waals surface area contributed by atoms with Crippen LogP contribution < -0.4 is 10.1 Å². The molecule has 0 fully saturated rings. The van der Waals surface area contributed by atoms with Crippen molar-refractivity contribution in [2.24, 2.45) is 0 Å². The number of carbonyl (C=O) groups excluding carboxylic acids is 1. The fourth-order valence-corrected chi connectivity index (χ4v) is 2.21. The fourth-order valence-electron chi connectivity index (χ4n) is 2.21. The molecule has 0 aliphatic carbocycles. The molecule has 8 heteroatoms. The highest BCUT2D eigenvalue weighted by molar-refractivity contribution is 6.10. The van der Waals surface area contributed by atoms with E-state index in [1.165, 1.54) is 19.3 Å². The molecule has 26 heavy (non-hydrogen) atoms. The standard InChI is InChI=1S/C18H15N3O5/c1-11-5-3-4-6-14(11)20-18(23)13(10-19)7-12-8-15(21(24)25)17(22)16(9-12)26-2/h3-9,22H,1-2H3,(H,20,23)/b13-7+. The molecule has 0 unspecified atom stereocenters. The molecule has 132 valence electrons. The van der Waals surface area contributed by atoms with Crippen molar-refractivity contribution in [3.8, 4) is 17.6 Å². The summed E-state index contributed by atoms with van der Waals surface area (Å²) in [6.07, 6.45) is 1.18. The quantitative estimate of drug-likeness (QED) is 0.368. The Morgan fingerprint density at radius 3 is 2.65 bits per heavy atom. The number of para-hydroxylation sites is 1. The largest absolute Gasteiger partial charge is 0.500 e. The van der Waals surface area contributed by atoms with Crippen LogP contribution in [0.25, 0.3) is 6.08 Å². The van der Waals surface area contributed by atoms with Crippen LogP contribution in [0.15, 0.2) is 42.0 Å². The maximum atomic E-state index is 12.3. The number of nitro benzene ring substituents is 1. The lowest BCUT2D eigenvalue weighted by molar-refractivity contribution is -0.386. The van der Waals surface area contributed by atoms with Crippen molar-refractivity contribution in [2.45, 2.75) is 6.92 Å². The summed E-state index contributed by atoms with van der Waals surface area (Å²) in [7, 11) is 1.24. The lowest BCUT2D eigenvalue weighted by Crippen LogP contribution is -2.14. The van der Waals surface area contributed by atoms with Crippen molar-refractivity contribution in [3.05, 3.63) is 63.2 Å². The highest BCUT2D eigenvalue weighted by atomic mass is 16.6. The number of ether oxygens (including phenoxy) is 1. The second-order valence-corrected chi connectivity index (χ2v) is 5.29. The number of carbonyl (C=O) groups is 1. The molecule has 0 atom stereocenters. The number of rotatable bonds is 5. The first-order valence-corrected chi connectivity index (χ1v) is 7.41. The molecule has 1 amide bonds. The van der Waals surface area contributed by atoms with Gasteiger partial charge in [-0.15, -0.1) is 0 Å². The van der Waals surface area contributed by atoms with E-state index in [1.807, 2.05) is 6.07 Å². The van der Waals surface area contributed by atoms with Crippen molar-refractivity contribution in [2.75, 3.05) is 12.4 Å². The average Bonchev–Trinajstić information content (AvgIpc) is 2.62. The summed E-state index contributed by atoms with van der Waals surface area (Å²) < 4.78 is 4.90. The zero-order valence-electron chi connectivity index (χ0n) is 14.0. The zero-order valence-corrected chi connectivity index (χ0v) is 14.0. The molecule has 0 aliphatic heterocycles. The van der Waals surface area contributed by atoms with Gasteiger partial charge < -0.3 is 15.2 Å². The number of nitro groups is 1. The van der Waals surface area contributed by atoms with Crippen LogP contribution in [0.5, 0.6) is 11.5 Å². The molecule has 0 spiro atoms. The number of nitrogens with one attached hydrogen (secondary N) is 1. The topological polar surface area (TPSA) is 125 Å². The van der Waals surface area contributed by atoms with Crippen LogP contribution in [-0.2, 0) is 4.79 Å². The van der Waals surface area contributed by atoms with Gasteiger partial charge in [-0.2, -0.15) is 5.26 Å². The van der Waals surface area contributed by atoms with Crippen molar-refractivity contribution in [1.82, 2.24) is 0 Å². The monoisotopic (exact) mass is 353 g/mol. The minimum atomic E-state index is -0.783. The molecule has 0 saturated carbocycles. The maximum Gasteiger partial charge on any atom is 0.315 e. The molecule has 2 rings (SSSR count). The van der Waals surface area contributed by atoms with E-state index in [9.17, 15) is 25.3 Å².